The molecule has 1 aromatic heterocycles. The van der Waals surface area contributed by atoms with Crippen LogP contribution in [-0.2, 0) is 9.59 Å². The summed E-state index contributed by atoms with van der Waals surface area (Å²) in [5.74, 6) is 0.577. The summed E-state index contributed by atoms with van der Waals surface area (Å²) in [6.45, 7) is 3.59. The van der Waals surface area contributed by atoms with Crippen molar-refractivity contribution >= 4 is 23.1 Å². The predicted molar refractivity (Wildman–Crippen MR) is 120 cm³/mol. The third kappa shape index (κ3) is 3.36. The molecule has 1 aliphatic carbocycles. The van der Waals surface area contributed by atoms with E-state index in [0.29, 0.717) is 24.2 Å². The fourth-order valence-corrected chi connectivity index (χ4v) is 4.73. The number of benzene rings is 2. The van der Waals surface area contributed by atoms with Gasteiger partial charge in [-0.2, -0.15) is 0 Å². The average Bonchev–Trinajstić information content (AvgIpc) is 3.23. The summed E-state index contributed by atoms with van der Waals surface area (Å²) in [5.41, 5.74) is 5.39. The van der Waals surface area contributed by atoms with Gasteiger partial charge >= 0.3 is 0 Å². The van der Waals surface area contributed by atoms with Crippen molar-refractivity contribution in [2.24, 2.45) is 0 Å². The molecule has 0 unspecified atom stereocenters. The number of ketones is 1. The van der Waals surface area contributed by atoms with Crippen molar-refractivity contribution in [3.8, 4) is 0 Å². The molecule has 5 nitrogen and oxygen atoms in total. The first-order chi connectivity index (χ1) is 15.0. The Kier molecular flexibility index (Phi) is 4.74. The molecule has 0 radical (unpaired) electrons. The zero-order valence-electron chi connectivity index (χ0n) is 17.6. The first kappa shape index (κ1) is 19.4. The molecule has 1 amide bonds. The average molecular weight is 412 g/mol. The van der Waals surface area contributed by atoms with Gasteiger partial charge < -0.3 is 9.73 Å². The van der Waals surface area contributed by atoms with Gasteiger partial charge in [-0.15, -0.1) is 0 Å². The number of nitrogens with zero attached hydrogens (tertiary/aromatic N) is 1. The number of anilines is 2. The van der Waals surface area contributed by atoms with Gasteiger partial charge in [0.1, 0.15) is 11.8 Å². The van der Waals surface area contributed by atoms with Crippen LogP contribution in [0.15, 0.2) is 82.6 Å². The standard InChI is InChI=1S/C26H24N2O3/c1-16-9-11-18(12-10-16)19-14-21-25(23(30)15-19)26(24-8-5-13-31-24)28(17(2)29)22-7-4-3-6-20(22)27-21/h3-13,19,26-27H,14-15H2,1-2H3/t19-,26-/m1/s1. The smallest absolute Gasteiger partial charge is 0.224 e. The number of hydrogen-bond donors (Lipinski definition) is 1. The second-order valence-electron chi connectivity index (χ2n) is 8.28. The van der Waals surface area contributed by atoms with E-state index in [-0.39, 0.29) is 17.6 Å². The molecule has 2 aliphatic rings. The Labute approximate surface area is 181 Å². The Morgan fingerprint density at radius 1 is 1.03 bits per heavy atom. The fourth-order valence-electron chi connectivity index (χ4n) is 4.73. The van der Waals surface area contributed by atoms with E-state index < -0.39 is 6.04 Å². The van der Waals surface area contributed by atoms with Crippen LogP contribution in [0.25, 0.3) is 0 Å². The van der Waals surface area contributed by atoms with Crippen LogP contribution in [0.3, 0.4) is 0 Å². The second-order valence-corrected chi connectivity index (χ2v) is 8.28. The zero-order chi connectivity index (χ0) is 21.5. The molecule has 2 aromatic carbocycles. The summed E-state index contributed by atoms with van der Waals surface area (Å²) >= 11 is 0. The van der Waals surface area contributed by atoms with E-state index in [1.54, 1.807) is 17.2 Å². The number of carbonyl (C=O) groups is 2. The van der Waals surface area contributed by atoms with Crippen molar-refractivity contribution < 1.29 is 14.0 Å². The summed E-state index contributed by atoms with van der Waals surface area (Å²) in [6, 6.07) is 19.1. The largest absolute Gasteiger partial charge is 0.467 e. The summed E-state index contributed by atoms with van der Waals surface area (Å²) in [5, 5.41) is 3.50. The third-order valence-corrected chi connectivity index (χ3v) is 6.19. The number of carbonyl (C=O) groups excluding carboxylic acids is 2. The van der Waals surface area contributed by atoms with Crippen molar-refractivity contribution in [1.29, 1.82) is 0 Å². The minimum atomic E-state index is -0.592. The Hall–Kier alpha value is -3.60. The molecule has 3 aromatic rings. The molecule has 156 valence electrons. The van der Waals surface area contributed by atoms with Crippen LogP contribution >= 0.6 is 0 Å². The first-order valence-corrected chi connectivity index (χ1v) is 10.5. The molecular weight excluding hydrogens is 388 g/mol. The van der Waals surface area contributed by atoms with E-state index in [0.717, 1.165) is 22.6 Å². The van der Waals surface area contributed by atoms with Gasteiger partial charge in [-0.05, 0) is 49.1 Å². The van der Waals surface area contributed by atoms with Gasteiger partial charge in [0, 0.05) is 24.6 Å². The van der Waals surface area contributed by atoms with Gasteiger partial charge in [0.2, 0.25) is 5.91 Å². The van der Waals surface area contributed by atoms with E-state index in [4.69, 9.17) is 4.42 Å². The van der Waals surface area contributed by atoms with Crippen molar-refractivity contribution in [3.63, 3.8) is 0 Å². The molecular formula is C26H24N2O3. The molecule has 0 saturated heterocycles. The van der Waals surface area contributed by atoms with Crippen LogP contribution < -0.4 is 10.2 Å². The summed E-state index contributed by atoms with van der Waals surface area (Å²) in [7, 11) is 0. The van der Waals surface area contributed by atoms with Gasteiger partial charge in [0.25, 0.3) is 0 Å². The topological polar surface area (TPSA) is 62.6 Å². The first-order valence-electron chi connectivity index (χ1n) is 10.5. The number of aryl methyl sites for hydroxylation is 1. The Bertz CT molecular complexity index is 1180. The minimum Gasteiger partial charge on any atom is -0.467 e. The highest BCUT2D eigenvalue weighted by molar-refractivity contribution is 6.05. The number of rotatable bonds is 2. The quantitative estimate of drug-likeness (QED) is 0.603. The number of amides is 1. The molecule has 0 bridgehead atoms. The van der Waals surface area contributed by atoms with Gasteiger partial charge in [0.15, 0.2) is 5.78 Å². The predicted octanol–water partition coefficient (Wildman–Crippen LogP) is 5.51. The number of hydrogen-bond acceptors (Lipinski definition) is 4. The van der Waals surface area contributed by atoms with Gasteiger partial charge in [-0.3, -0.25) is 14.5 Å². The number of nitrogens with one attached hydrogen (secondary N) is 1. The van der Waals surface area contributed by atoms with Crippen LogP contribution in [0, 0.1) is 6.92 Å². The molecule has 2 heterocycles. The van der Waals surface area contributed by atoms with Gasteiger partial charge in [-0.25, -0.2) is 0 Å². The normalized spacial score (nSPS) is 20.6. The van der Waals surface area contributed by atoms with Crippen LogP contribution in [-0.4, -0.2) is 11.7 Å². The van der Waals surface area contributed by atoms with Crippen LogP contribution in [0.2, 0.25) is 0 Å². The Morgan fingerprint density at radius 2 is 1.81 bits per heavy atom. The fraction of sp³-hybridized carbons (Fsp3) is 0.231. The minimum absolute atomic E-state index is 0.0415. The second kappa shape index (κ2) is 7.58. The highest BCUT2D eigenvalue weighted by Gasteiger charge is 2.41. The van der Waals surface area contributed by atoms with Crippen molar-refractivity contribution in [1.82, 2.24) is 0 Å². The van der Waals surface area contributed by atoms with Gasteiger partial charge in [-0.1, -0.05) is 42.0 Å². The molecule has 0 saturated carbocycles. The summed E-state index contributed by atoms with van der Waals surface area (Å²) in [4.78, 5) is 28.1. The van der Waals surface area contributed by atoms with E-state index in [2.05, 4.69) is 36.5 Å². The monoisotopic (exact) mass is 412 g/mol. The number of furan rings is 1. The Balaban J connectivity index is 1.67. The molecule has 5 heteroatoms. The lowest BCUT2D eigenvalue weighted by Gasteiger charge is -2.33. The van der Waals surface area contributed by atoms with Gasteiger partial charge in [0.05, 0.1) is 17.6 Å². The molecule has 0 spiro atoms. The number of allylic oxidation sites excluding steroid dienone is 1. The van der Waals surface area contributed by atoms with Crippen LogP contribution in [0.5, 0.6) is 0 Å². The van der Waals surface area contributed by atoms with E-state index in [1.165, 1.54) is 12.5 Å². The lowest BCUT2D eigenvalue weighted by atomic mass is 9.79. The summed E-state index contributed by atoms with van der Waals surface area (Å²) < 4.78 is 5.74. The van der Waals surface area contributed by atoms with Crippen molar-refractivity contribution in [2.75, 3.05) is 10.2 Å². The van der Waals surface area contributed by atoms with E-state index in [1.807, 2.05) is 30.3 Å². The lowest BCUT2D eigenvalue weighted by molar-refractivity contribution is -0.117. The molecule has 1 N–H and O–H groups in total. The SMILES string of the molecule is CC(=O)N1c2ccccc2NC2=C(C(=O)C[C@H](c3ccc(C)cc3)C2)[C@H]1c1ccco1. The van der Waals surface area contributed by atoms with Crippen LogP contribution in [0.4, 0.5) is 11.4 Å². The molecule has 0 fully saturated rings. The van der Waals surface area contributed by atoms with E-state index in [9.17, 15) is 9.59 Å². The third-order valence-electron chi connectivity index (χ3n) is 6.19. The highest BCUT2D eigenvalue weighted by atomic mass is 16.3. The maximum absolute atomic E-state index is 13.6. The van der Waals surface area contributed by atoms with Crippen LogP contribution in [0.1, 0.15) is 48.6 Å². The van der Waals surface area contributed by atoms with Crippen molar-refractivity contribution in [2.45, 2.75) is 38.6 Å². The maximum atomic E-state index is 13.6. The Morgan fingerprint density at radius 3 is 2.52 bits per heavy atom. The maximum Gasteiger partial charge on any atom is 0.224 e. The number of para-hydroxylation sites is 2. The molecule has 1 aliphatic heterocycles. The molecule has 5 rings (SSSR count). The molecule has 31 heavy (non-hydrogen) atoms. The number of fused-ring (bicyclic) bond motifs is 1. The zero-order valence-corrected chi connectivity index (χ0v) is 17.6. The molecule has 2 atom stereocenters. The van der Waals surface area contributed by atoms with E-state index >= 15 is 0 Å². The van der Waals surface area contributed by atoms with Crippen molar-refractivity contribution in [3.05, 3.63) is 95.1 Å². The lowest BCUT2D eigenvalue weighted by Crippen LogP contribution is -2.37. The highest BCUT2D eigenvalue weighted by Crippen LogP contribution is 2.47. The summed E-state index contributed by atoms with van der Waals surface area (Å²) in [6.07, 6.45) is 2.69. The number of Topliss-reactive ketones (excluding diaryl/α,β-unsaturated/α-hetero) is 1.